The van der Waals surface area contributed by atoms with E-state index in [0.29, 0.717) is 12.0 Å². The third kappa shape index (κ3) is 9.04. The van der Waals surface area contributed by atoms with Crippen LogP contribution < -0.4 is 0 Å². The fourth-order valence-corrected chi connectivity index (χ4v) is 0.825. The summed E-state index contributed by atoms with van der Waals surface area (Å²) in [5.74, 6) is -0.284. The van der Waals surface area contributed by atoms with Crippen molar-refractivity contribution < 1.29 is 9.53 Å². The van der Waals surface area contributed by atoms with Crippen molar-refractivity contribution in [1.82, 2.24) is 0 Å². The van der Waals surface area contributed by atoms with Gasteiger partial charge in [0.1, 0.15) is 0 Å². The minimum atomic E-state index is -0.284. The summed E-state index contributed by atoms with van der Waals surface area (Å²) in [4.78, 5) is 10.9. The molecular weight excluding hydrogens is 176 g/mol. The number of rotatable bonds is 4. The van der Waals surface area contributed by atoms with Gasteiger partial charge in [-0.15, -0.1) is 0 Å². The zero-order valence-corrected chi connectivity index (χ0v) is 9.54. The Labute approximate surface area is 86.6 Å². The Bertz CT molecular complexity index is 219. The van der Waals surface area contributed by atoms with Gasteiger partial charge in [0.25, 0.3) is 0 Å². The summed E-state index contributed by atoms with van der Waals surface area (Å²) < 4.78 is 4.73. The lowest BCUT2D eigenvalue weighted by atomic mass is 9.92. The molecule has 2 heteroatoms. The van der Waals surface area contributed by atoms with Gasteiger partial charge >= 0.3 is 5.97 Å². The van der Waals surface area contributed by atoms with Crippen molar-refractivity contribution >= 4 is 5.97 Å². The van der Waals surface area contributed by atoms with Gasteiger partial charge in [-0.05, 0) is 18.8 Å². The van der Waals surface area contributed by atoms with E-state index in [1.807, 2.05) is 6.08 Å². The topological polar surface area (TPSA) is 26.3 Å². The van der Waals surface area contributed by atoms with E-state index < -0.39 is 0 Å². The van der Waals surface area contributed by atoms with E-state index in [-0.39, 0.29) is 5.97 Å². The SMILES string of the molecule is CCOC(=O)/C=C/C=C/CC(C)(C)C. The number of ether oxygens (including phenoxy) is 1. The number of hydrogen-bond donors (Lipinski definition) is 0. The third-order valence-electron chi connectivity index (χ3n) is 1.50. The van der Waals surface area contributed by atoms with Crippen LogP contribution in [0, 0.1) is 5.41 Å². The van der Waals surface area contributed by atoms with Crippen LogP contribution in [0.2, 0.25) is 0 Å². The van der Waals surface area contributed by atoms with Crippen molar-refractivity contribution in [2.24, 2.45) is 5.41 Å². The summed E-state index contributed by atoms with van der Waals surface area (Å²) in [5.41, 5.74) is 0.300. The van der Waals surface area contributed by atoms with Gasteiger partial charge in [-0.1, -0.05) is 39.0 Å². The first-order valence-electron chi connectivity index (χ1n) is 4.95. The molecule has 0 aliphatic rings. The molecule has 0 aromatic heterocycles. The van der Waals surface area contributed by atoms with Crippen molar-refractivity contribution in [2.75, 3.05) is 6.61 Å². The minimum Gasteiger partial charge on any atom is -0.463 e. The Hall–Kier alpha value is -1.05. The second-order valence-electron chi connectivity index (χ2n) is 4.30. The van der Waals surface area contributed by atoms with Crippen LogP contribution >= 0.6 is 0 Å². The number of carbonyl (C=O) groups is 1. The average Bonchev–Trinajstić information content (AvgIpc) is 2.02. The summed E-state index contributed by atoms with van der Waals surface area (Å²) in [6.07, 6.45) is 8.07. The molecule has 0 aliphatic heterocycles. The van der Waals surface area contributed by atoms with Crippen molar-refractivity contribution in [3.8, 4) is 0 Å². The van der Waals surface area contributed by atoms with Gasteiger partial charge < -0.3 is 4.74 Å². The second kappa shape index (κ2) is 6.41. The number of carbonyl (C=O) groups excluding carboxylic acids is 1. The van der Waals surface area contributed by atoms with E-state index in [2.05, 4.69) is 26.8 Å². The zero-order valence-electron chi connectivity index (χ0n) is 9.54. The molecule has 0 aromatic carbocycles. The largest absolute Gasteiger partial charge is 0.463 e. The lowest BCUT2D eigenvalue weighted by molar-refractivity contribution is -0.137. The first kappa shape index (κ1) is 12.9. The average molecular weight is 196 g/mol. The highest BCUT2D eigenvalue weighted by Gasteiger charge is 2.05. The smallest absolute Gasteiger partial charge is 0.330 e. The van der Waals surface area contributed by atoms with Crippen LogP contribution in [0.1, 0.15) is 34.1 Å². The van der Waals surface area contributed by atoms with Gasteiger partial charge in [0.2, 0.25) is 0 Å². The van der Waals surface area contributed by atoms with Crippen molar-refractivity contribution in [1.29, 1.82) is 0 Å². The van der Waals surface area contributed by atoms with Crippen molar-refractivity contribution in [2.45, 2.75) is 34.1 Å². The van der Waals surface area contributed by atoms with Crippen LogP contribution in [0.15, 0.2) is 24.3 Å². The first-order chi connectivity index (χ1) is 6.45. The van der Waals surface area contributed by atoms with Crippen LogP contribution in [0.3, 0.4) is 0 Å². The van der Waals surface area contributed by atoms with Crippen molar-refractivity contribution in [3.05, 3.63) is 24.3 Å². The third-order valence-corrected chi connectivity index (χ3v) is 1.50. The first-order valence-corrected chi connectivity index (χ1v) is 4.95. The monoisotopic (exact) mass is 196 g/mol. The lowest BCUT2D eigenvalue weighted by Gasteiger charge is -2.13. The van der Waals surface area contributed by atoms with Gasteiger partial charge in [0, 0.05) is 6.08 Å². The molecule has 0 aromatic rings. The standard InChI is InChI=1S/C12H20O2/c1-5-14-11(13)9-7-6-8-10-12(2,3)4/h6-9H,5,10H2,1-4H3/b8-6+,9-7+. The fraction of sp³-hybridized carbons (Fsp3) is 0.583. The Morgan fingerprint density at radius 2 is 1.93 bits per heavy atom. The quantitative estimate of drug-likeness (QED) is 0.392. The van der Waals surface area contributed by atoms with Crippen LogP contribution in [0.25, 0.3) is 0 Å². The molecule has 0 radical (unpaired) electrons. The summed E-state index contributed by atoms with van der Waals surface area (Å²) in [6.45, 7) is 8.74. The Morgan fingerprint density at radius 1 is 1.29 bits per heavy atom. The maximum Gasteiger partial charge on any atom is 0.330 e. The number of allylic oxidation sites excluding steroid dienone is 3. The molecule has 0 spiro atoms. The Kier molecular flexibility index (Phi) is 5.93. The van der Waals surface area contributed by atoms with E-state index in [9.17, 15) is 4.79 Å². The maximum absolute atomic E-state index is 10.9. The molecule has 0 aliphatic carbocycles. The normalized spacial score (nSPS) is 12.6. The molecule has 0 N–H and O–H groups in total. The molecular formula is C12H20O2. The van der Waals surface area contributed by atoms with E-state index in [0.717, 1.165) is 6.42 Å². The highest BCUT2D eigenvalue weighted by atomic mass is 16.5. The van der Waals surface area contributed by atoms with Gasteiger partial charge in [0.05, 0.1) is 6.61 Å². The Morgan fingerprint density at radius 3 is 2.43 bits per heavy atom. The Balaban J connectivity index is 3.76. The van der Waals surface area contributed by atoms with Gasteiger partial charge in [-0.25, -0.2) is 4.79 Å². The van der Waals surface area contributed by atoms with Gasteiger partial charge in [-0.2, -0.15) is 0 Å². The molecule has 0 heterocycles. The van der Waals surface area contributed by atoms with Crippen LogP contribution in [-0.4, -0.2) is 12.6 Å². The molecule has 2 nitrogen and oxygen atoms in total. The summed E-state index contributed by atoms with van der Waals surface area (Å²) >= 11 is 0. The highest BCUT2D eigenvalue weighted by Crippen LogP contribution is 2.18. The minimum absolute atomic E-state index is 0.284. The van der Waals surface area contributed by atoms with E-state index in [4.69, 9.17) is 4.74 Å². The van der Waals surface area contributed by atoms with E-state index in [1.54, 1.807) is 13.0 Å². The van der Waals surface area contributed by atoms with Gasteiger partial charge in [-0.3, -0.25) is 0 Å². The van der Waals surface area contributed by atoms with Gasteiger partial charge in [0.15, 0.2) is 0 Å². The fourth-order valence-electron chi connectivity index (χ4n) is 0.825. The van der Waals surface area contributed by atoms with E-state index in [1.165, 1.54) is 6.08 Å². The molecule has 0 saturated heterocycles. The molecule has 0 atom stereocenters. The van der Waals surface area contributed by atoms with E-state index >= 15 is 0 Å². The predicted molar refractivity (Wildman–Crippen MR) is 59.0 cm³/mol. The van der Waals surface area contributed by atoms with Crippen LogP contribution in [-0.2, 0) is 9.53 Å². The number of esters is 1. The van der Waals surface area contributed by atoms with Crippen molar-refractivity contribution in [3.63, 3.8) is 0 Å². The highest BCUT2D eigenvalue weighted by molar-refractivity contribution is 5.82. The molecule has 0 amide bonds. The van der Waals surface area contributed by atoms with Crippen LogP contribution in [0.4, 0.5) is 0 Å². The molecule has 0 saturated carbocycles. The van der Waals surface area contributed by atoms with Crippen LogP contribution in [0.5, 0.6) is 0 Å². The number of hydrogen-bond acceptors (Lipinski definition) is 2. The summed E-state index contributed by atoms with van der Waals surface area (Å²) in [7, 11) is 0. The molecule has 0 fully saturated rings. The summed E-state index contributed by atoms with van der Waals surface area (Å²) in [6, 6.07) is 0. The molecule has 0 rings (SSSR count). The maximum atomic E-state index is 10.9. The predicted octanol–water partition coefficient (Wildman–Crippen LogP) is 3.10. The molecule has 14 heavy (non-hydrogen) atoms. The molecule has 0 unspecified atom stereocenters. The summed E-state index contributed by atoms with van der Waals surface area (Å²) in [5, 5.41) is 0. The second-order valence-corrected chi connectivity index (χ2v) is 4.30. The lowest BCUT2D eigenvalue weighted by Crippen LogP contribution is -2.01. The molecule has 80 valence electrons. The molecule has 0 bridgehead atoms. The zero-order chi connectivity index (χ0) is 11.0.